The summed E-state index contributed by atoms with van der Waals surface area (Å²) < 4.78 is 37.7. The molecule has 10 heteroatoms. The molecule has 1 aromatic heterocycles. The molecular weight excluding hydrogens is 429 g/mol. The number of aryl methyl sites for hydroxylation is 1. The highest BCUT2D eigenvalue weighted by molar-refractivity contribution is 7.98. The van der Waals surface area contributed by atoms with Crippen LogP contribution in [0.1, 0.15) is 27.9 Å². The van der Waals surface area contributed by atoms with E-state index in [4.69, 9.17) is 0 Å². The van der Waals surface area contributed by atoms with E-state index in [1.54, 1.807) is 30.0 Å². The Kier molecular flexibility index (Phi) is 9.17. The molecule has 168 valence electrons. The number of benzene rings is 1. The van der Waals surface area contributed by atoms with Crippen LogP contribution in [-0.4, -0.2) is 47.9 Å². The molecule has 31 heavy (non-hydrogen) atoms. The van der Waals surface area contributed by atoms with Gasteiger partial charge >= 0.3 is 6.18 Å². The number of hydrogen-bond acceptors (Lipinski definition) is 5. The Hall–Kier alpha value is -2.75. The number of aromatic nitrogens is 1. The van der Waals surface area contributed by atoms with E-state index in [-0.39, 0.29) is 30.7 Å². The van der Waals surface area contributed by atoms with Gasteiger partial charge in [0, 0.05) is 24.8 Å². The summed E-state index contributed by atoms with van der Waals surface area (Å²) in [7, 11) is 0. The molecule has 0 aliphatic heterocycles. The highest BCUT2D eigenvalue weighted by Crippen LogP contribution is 2.28. The highest BCUT2D eigenvalue weighted by Gasteiger charge is 2.30. The van der Waals surface area contributed by atoms with E-state index in [2.05, 4.69) is 20.9 Å². The third-order valence-corrected chi connectivity index (χ3v) is 4.98. The molecule has 3 N–H and O–H groups in total. The van der Waals surface area contributed by atoms with Gasteiger partial charge in [0.05, 0.1) is 5.56 Å². The lowest BCUT2D eigenvalue weighted by Crippen LogP contribution is -2.48. The van der Waals surface area contributed by atoms with Gasteiger partial charge in [0.25, 0.3) is 5.91 Å². The van der Waals surface area contributed by atoms with E-state index in [1.807, 2.05) is 19.2 Å². The second kappa shape index (κ2) is 11.6. The van der Waals surface area contributed by atoms with Crippen molar-refractivity contribution in [1.82, 2.24) is 15.6 Å². The zero-order valence-corrected chi connectivity index (χ0v) is 18.1. The minimum absolute atomic E-state index is 0.220. The van der Waals surface area contributed by atoms with Gasteiger partial charge in [-0.05, 0) is 49.6 Å². The normalized spacial score (nSPS) is 12.2. The quantitative estimate of drug-likeness (QED) is 0.479. The molecule has 2 amide bonds. The third-order valence-electron chi connectivity index (χ3n) is 4.33. The minimum Gasteiger partial charge on any atom is -0.368 e. The van der Waals surface area contributed by atoms with Gasteiger partial charge in [0.15, 0.2) is 0 Å². The number of carbonyl (C=O) groups excluding carboxylic acids is 2. The van der Waals surface area contributed by atoms with Crippen LogP contribution in [0, 0.1) is 6.92 Å². The number of hydrogen-bond donors (Lipinski definition) is 3. The fraction of sp³-hybridized carbons (Fsp3) is 0.381. The summed E-state index contributed by atoms with van der Waals surface area (Å²) in [6.45, 7) is 2.37. The number of carbonyl (C=O) groups is 2. The van der Waals surface area contributed by atoms with Crippen molar-refractivity contribution in [2.75, 3.05) is 30.4 Å². The third kappa shape index (κ3) is 8.12. The number of anilines is 1. The SMILES string of the molecule is CSCCC(NC(=O)c1cccc(C)c1)C(=O)NCCNc1ccc(C(F)(F)F)cn1. The number of amides is 2. The van der Waals surface area contributed by atoms with Crippen molar-refractivity contribution < 1.29 is 22.8 Å². The molecule has 2 rings (SSSR count). The molecule has 0 saturated carbocycles. The molecule has 6 nitrogen and oxygen atoms in total. The maximum absolute atomic E-state index is 12.6. The lowest BCUT2D eigenvalue weighted by atomic mass is 10.1. The molecule has 1 heterocycles. The molecule has 0 saturated heterocycles. The first-order valence-electron chi connectivity index (χ1n) is 9.62. The van der Waals surface area contributed by atoms with Crippen LogP contribution in [0.5, 0.6) is 0 Å². The van der Waals surface area contributed by atoms with Crippen molar-refractivity contribution >= 4 is 29.4 Å². The smallest absolute Gasteiger partial charge is 0.368 e. The molecule has 0 bridgehead atoms. The van der Waals surface area contributed by atoms with Gasteiger partial charge in [0.1, 0.15) is 11.9 Å². The summed E-state index contributed by atoms with van der Waals surface area (Å²) in [5, 5.41) is 8.35. The first-order chi connectivity index (χ1) is 14.7. The van der Waals surface area contributed by atoms with Gasteiger partial charge in [-0.15, -0.1) is 0 Å². The maximum atomic E-state index is 12.6. The number of nitrogens with one attached hydrogen (secondary N) is 3. The van der Waals surface area contributed by atoms with Gasteiger partial charge in [-0.2, -0.15) is 24.9 Å². The van der Waals surface area contributed by atoms with E-state index in [1.165, 1.54) is 6.07 Å². The van der Waals surface area contributed by atoms with Crippen LogP contribution in [-0.2, 0) is 11.0 Å². The molecule has 0 fully saturated rings. The van der Waals surface area contributed by atoms with E-state index in [0.717, 1.165) is 17.8 Å². The Bertz CT molecular complexity index is 876. The summed E-state index contributed by atoms with van der Waals surface area (Å²) in [5.74, 6) is 0.322. The summed E-state index contributed by atoms with van der Waals surface area (Å²) in [6.07, 6.45) is -1.30. The lowest BCUT2D eigenvalue weighted by Gasteiger charge is -2.18. The second-order valence-electron chi connectivity index (χ2n) is 6.82. The lowest BCUT2D eigenvalue weighted by molar-refractivity contribution is -0.137. The van der Waals surface area contributed by atoms with Crippen molar-refractivity contribution in [2.45, 2.75) is 25.6 Å². The average molecular weight is 455 g/mol. The number of rotatable bonds is 10. The van der Waals surface area contributed by atoms with Gasteiger partial charge in [-0.3, -0.25) is 9.59 Å². The van der Waals surface area contributed by atoms with E-state index < -0.39 is 17.8 Å². The second-order valence-corrected chi connectivity index (χ2v) is 7.81. The fourth-order valence-corrected chi connectivity index (χ4v) is 3.17. The van der Waals surface area contributed by atoms with Crippen LogP contribution in [0.4, 0.5) is 19.0 Å². The highest BCUT2D eigenvalue weighted by atomic mass is 32.2. The number of alkyl halides is 3. The zero-order valence-electron chi connectivity index (χ0n) is 17.3. The summed E-state index contributed by atoms with van der Waals surface area (Å²) in [4.78, 5) is 28.7. The molecule has 0 radical (unpaired) electrons. The number of halogens is 3. The average Bonchev–Trinajstić information content (AvgIpc) is 2.73. The minimum atomic E-state index is -4.44. The van der Waals surface area contributed by atoms with Gasteiger partial charge in [-0.1, -0.05) is 17.7 Å². The summed E-state index contributed by atoms with van der Waals surface area (Å²) >= 11 is 1.57. The monoisotopic (exact) mass is 454 g/mol. The first-order valence-corrected chi connectivity index (χ1v) is 11.0. The molecule has 1 unspecified atom stereocenters. The van der Waals surface area contributed by atoms with Crippen molar-refractivity contribution in [3.05, 3.63) is 59.3 Å². The Labute approximate surface area is 183 Å². The molecule has 0 aliphatic carbocycles. The Balaban J connectivity index is 1.85. The molecule has 1 aromatic carbocycles. The van der Waals surface area contributed by atoms with Crippen molar-refractivity contribution in [1.29, 1.82) is 0 Å². The van der Waals surface area contributed by atoms with Crippen LogP contribution in [0.15, 0.2) is 42.6 Å². The standard InChI is InChI=1S/C21H25F3N4O2S/c1-14-4-3-5-15(12-14)19(29)28-17(8-11-31-2)20(30)26-10-9-25-18-7-6-16(13-27-18)21(22,23)24/h3-7,12-13,17H,8-11H2,1-2H3,(H,25,27)(H,26,30)(H,28,29). The van der Waals surface area contributed by atoms with Gasteiger partial charge in [-0.25, -0.2) is 4.98 Å². The Morgan fingerprint density at radius 2 is 1.94 bits per heavy atom. The zero-order chi connectivity index (χ0) is 22.9. The van der Waals surface area contributed by atoms with Crippen LogP contribution in [0.25, 0.3) is 0 Å². The first kappa shape index (κ1) is 24.5. The maximum Gasteiger partial charge on any atom is 0.417 e. The summed E-state index contributed by atoms with van der Waals surface area (Å²) in [6, 6.07) is 8.58. The predicted octanol–water partition coefficient (Wildman–Crippen LogP) is 3.49. The molecular formula is C21H25F3N4O2S. The largest absolute Gasteiger partial charge is 0.417 e. The molecule has 1 atom stereocenters. The van der Waals surface area contributed by atoms with Crippen molar-refractivity contribution in [3.8, 4) is 0 Å². The van der Waals surface area contributed by atoms with Crippen LogP contribution in [0.2, 0.25) is 0 Å². The predicted molar refractivity (Wildman–Crippen MR) is 116 cm³/mol. The summed E-state index contributed by atoms with van der Waals surface area (Å²) in [5.41, 5.74) is 0.602. The van der Waals surface area contributed by atoms with E-state index in [9.17, 15) is 22.8 Å². The molecule has 0 aliphatic rings. The molecule has 0 spiro atoms. The molecule has 2 aromatic rings. The number of pyridine rings is 1. The van der Waals surface area contributed by atoms with Crippen LogP contribution >= 0.6 is 11.8 Å². The Morgan fingerprint density at radius 1 is 1.16 bits per heavy atom. The van der Waals surface area contributed by atoms with Gasteiger partial charge < -0.3 is 16.0 Å². The number of thioether (sulfide) groups is 1. The van der Waals surface area contributed by atoms with E-state index >= 15 is 0 Å². The van der Waals surface area contributed by atoms with Crippen LogP contribution in [0.3, 0.4) is 0 Å². The van der Waals surface area contributed by atoms with Crippen molar-refractivity contribution in [2.24, 2.45) is 0 Å². The fourth-order valence-electron chi connectivity index (χ4n) is 2.70. The van der Waals surface area contributed by atoms with E-state index in [0.29, 0.717) is 17.7 Å². The topological polar surface area (TPSA) is 83.1 Å². The van der Waals surface area contributed by atoms with Crippen LogP contribution < -0.4 is 16.0 Å². The number of nitrogens with zero attached hydrogens (tertiary/aromatic N) is 1. The Morgan fingerprint density at radius 3 is 2.55 bits per heavy atom. The van der Waals surface area contributed by atoms with Crippen molar-refractivity contribution in [3.63, 3.8) is 0 Å². The van der Waals surface area contributed by atoms with Gasteiger partial charge in [0.2, 0.25) is 5.91 Å².